The van der Waals surface area contributed by atoms with Gasteiger partial charge in [0.15, 0.2) is 0 Å². The summed E-state index contributed by atoms with van der Waals surface area (Å²) < 4.78 is 8.18. The quantitative estimate of drug-likeness (QED) is 0.567. The van der Waals surface area contributed by atoms with Gasteiger partial charge in [-0.1, -0.05) is 37.9 Å². The number of benzene rings is 1. The molecule has 1 heterocycles. The van der Waals surface area contributed by atoms with E-state index >= 15 is 0 Å². The maximum absolute atomic E-state index is 6.20. The molecule has 0 radical (unpaired) electrons. The maximum Gasteiger partial charge on any atom is 0.124 e. The normalized spacial score (nSPS) is 12.6. The monoisotopic (exact) mass is 363 g/mol. The maximum atomic E-state index is 6.20. The van der Waals surface area contributed by atoms with Crippen molar-refractivity contribution in [2.75, 3.05) is 27.2 Å². The molecule has 1 aromatic heterocycles. The Labute approximate surface area is 156 Å². The van der Waals surface area contributed by atoms with Crippen molar-refractivity contribution in [2.45, 2.75) is 45.6 Å². The van der Waals surface area contributed by atoms with E-state index in [0.717, 1.165) is 43.7 Å². The molecule has 0 saturated heterocycles. The molecule has 0 aliphatic carbocycles. The number of nitrogens with zero attached hydrogens (tertiary/aromatic N) is 3. The average molecular weight is 364 g/mol. The highest BCUT2D eigenvalue weighted by Gasteiger charge is 2.18. The molecule has 4 nitrogen and oxygen atoms in total. The first-order valence-electron chi connectivity index (χ1n) is 9.11. The third-order valence-electron chi connectivity index (χ3n) is 4.37. The summed E-state index contributed by atoms with van der Waals surface area (Å²) in [7, 11) is 4.15. The molecule has 25 heavy (non-hydrogen) atoms. The summed E-state index contributed by atoms with van der Waals surface area (Å²) in [5.74, 6) is 1.09. The van der Waals surface area contributed by atoms with Gasteiger partial charge in [0.25, 0.3) is 0 Å². The van der Waals surface area contributed by atoms with Crippen LogP contribution in [0.15, 0.2) is 30.5 Å². The van der Waals surface area contributed by atoms with Crippen LogP contribution in [-0.2, 0) is 6.54 Å². The van der Waals surface area contributed by atoms with Crippen LogP contribution in [0.3, 0.4) is 0 Å². The van der Waals surface area contributed by atoms with E-state index in [1.54, 1.807) is 0 Å². The summed E-state index contributed by atoms with van der Waals surface area (Å²) >= 11 is 6.20. The number of unbranched alkanes of at least 4 members (excludes halogenated alkanes) is 1. The highest BCUT2D eigenvalue weighted by Crippen LogP contribution is 2.33. The largest absolute Gasteiger partial charge is 0.493 e. The van der Waals surface area contributed by atoms with E-state index in [0.29, 0.717) is 11.6 Å². The van der Waals surface area contributed by atoms with Gasteiger partial charge in [0.1, 0.15) is 5.75 Å². The van der Waals surface area contributed by atoms with Crippen molar-refractivity contribution in [1.29, 1.82) is 0 Å². The molecule has 0 amide bonds. The molecular formula is C20H30ClN3O. The number of hydrogen-bond donors (Lipinski definition) is 0. The molecule has 1 unspecified atom stereocenters. The number of halogens is 1. The molecule has 2 rings (SSSR count). The third-order valence-corrected chi connectivity index (χ3v) is 4.60. The first kappa shape index (κ1) is 19.8. The van der Waals surface area contributed by atoms with Gasteiger partial charge >= 0.3 is 0 Å². The molecule has 0 aliphatic heterocycles. The summed E-state index contributed by atoms with van der Waals surface area (Å²) in [4.78, 5) is 2.16. The number of ether oxygens (including phenoxy) is 1. The summed E-state index contributed by atoms with van der Waals surface area (Å²) in [6.45, 7) is 7.05. The van der Waals surface area contributed by atoms with Crippen LogP contribution in [-0.4, -0.2) is 41.9 Å². The van der Waals surface area contributed by atoms with Crippen molar-refractivity contribution < 1.29 is 4.74 Å². The molecule has 0 spiro atoms. The van der Waals surface area contributed by atoms with Crippen LogP contribution < -0.4 is 4.74 Å². The lowest BCUT2D eigenvalue weighted by Gasteiger charge is -2.19. The lowest BCUT2D eigenvalue weighted by molar-refractivity contribution is 0.279. The van der Waals surface area contributed by atoms with E-state index in [4.69, 9.17) is 16.3 Å². The van der Waals surface area contributed by atoms with Crippen LogP contribution in [0.2, 0.25) is 5.02 Å². The fourth-order valence-corrected chi connectivity index (χ4v) is 3.08. The van der Waals surface area contributed by atoms with E-state index in [1.807, 2.05) is 18.3 Å². The fraction of sp³-hybridized carbons (Fsp3) is 0.550. The molecular weight excluding hydrogens is 334 g/mol. The van der Waals surface area contributed by atoms with Crippen molar-refractivity contribution in [3.05, 3.63) is 46.7 Å². The average Bonchev–Trinajstić information content (AvgIpc) is 3.04. The number of hydrogen-bond acceptors (Lipinski definition) is 3. The van der Waals surface area contributed by atoms with E-state index in [-0.39, 0.29) is 5.92 Å². The molecule has 1 aromatic carbocycles. The highest BCUT2D eigenvalue weighted by atomic mass is 35.5. The van der Waals surface area contributed by atoms with Crippen molar-refractivity contribution >= 4 is 11.6 Å². The van der Waals surface area contributed by atoms with Gasteiger partial charge in [-0.2, -0.15) is 5.10 Å². The molecule has 138 valence electrons. The van der Waals surface area contributed by atoms with E-state index in [2.05, 4.69) is 54.8 Å². The van der Waals surface area contributed by atoms with Gasteiger partial charge in [-0.05, 0) is 45.1 Å². The zero-order chi connectivity index (χ0) is 18.2. The predicted molar refractivity (Wildman–Crippen MR) is 105 cm³/mol. The molecule has 0 saturated carbocycles. The fourth-order valence-electron chi connectivity index (χ4n) is 2.92. The van der Waals surface area contributed by atoms with Crippen molar-refractivity contribution in [1.82, 2.24) is 14.7 Å². The summed E-state index contributed by atoms with van der Waals surface area (Å²) in [6.07, 6.45) is 5.17. The standard InChI is InChI=1S/C20H30ClN3O/c1-5-6-13-24-19(10-11-22-24)16(2)18-9-8-17(21)15-20(18)25-14-7-12-23(3)4/h8-11,15-16H,5-7,12-14H2,1-4H3. The Hall–Kier alpha value is -1.52. The van der Waals surface area contributed by atoms with Crippen molar-refractivity contribution in [2.24, 2.45) is 0 Å². The number of rotatable bonds is 10. The SMILES string of the molecule is CCCCn1nccc1C(C)c1ccc(Cl)cc1OCCCN(C)C. The van der Waals surface area contributed by atoms with Gasteiger partial charge in [-0.25, -0.2) is 0 Å². The van der Waals surface area contributed by atoms with Crippen LogP contribution in [0.1, 0.15) is 50.3 Å². The van der Waals surface area contributed by atoms with Gasteiger partial charge in [0, 0.05) is 41.5 Å². The van der Waals surface area contributed by atoms with E-state index in [1.165, 1.54) is 5.69 Å². The minimum atomic E-state index is 0.209. The second kappa shape index (κ2) is 9.83. The Balaban J connectivity index is 2.16. The van der Waals surface area contributed by atoms with Crippen LogP contribution in [0.25, 0.3) is 0 Å². The molecule has 2 aromatic rings. The minimum absolute atomic E-state index is 0.209. The lowest BCUT2D eigenvalue weighted by Crippen LogP contribution is -2.16. The van der Waals surface area contributed by atoms with Crippen LogP contribution in [0, 0.1) is 0 Å². The lowest BCUT2D eigenvalue weighted by atomic mass is 9.96. The number of aryl methyl sites for hydroxylation is 1. The second-order valence-corrected chi connectivity index (χ2v) is 7.18. The number of aromatic nitrogens is 2. The Morgan fingerprint density at radius 3 is 2.76 bits per heavy atom. The summed E-state index contributed by atoms with van der Waals surface area (Å²) in [5.41, 5.74) is 2.38. The molecule has 0 aliphatic rings. The van der Waals surface area contributed by atoms with Crippen LogP contribution in [0.4, 0.5) is 0 Å². The third kappa shape index (κ3) is 5.75. The molecule has 5 heteroatoms. The van der Waals surface area contributed by atoms with E-state index < -0.39 is 0 Å². The minimum Gasteiger partial charge on any atom is -0.493 e. The predicted octanol–water partition coefficient (Wildman–Crippen LogP) is 4.82. The Morgan fingerprint density at radius 1 is 1.24 bits per heavy atom. The van der Waals surface area contributed by atoms with E-state index in [9.17, 15) is 0 Å². The van der Waals surface area contributed by atoms with Gasteiger partial charge < -0.3 is 9.64 Å². The van der Waals surface area contributed by atoms with Crippen molar-refractivity contribution in [3.8, 4) is 5.75 Å². The highest BCUT2D eigenvalue weighted by molar-refractivity contribution is 6.30. The smallest absolute Gasteiger partial charge is 0.124 e. The second-order valence-electron chi connectivity index (χ2n) is 6.74. The van der Waals surface area contributed by atoms with Gasteiger partial charge in [0.05, 0.1) is 6.61 Å². The summed E-state index contributed by atoms with van der Waals surface area (Å²) in [6, 6.07) is 8.04. The Bertz CT molecular complexity index is 654. The first-order valence-corrected chi connectivity index (χ1v) is 9.49. The van der Waals surface area contributed by atoms with Gasteiger partial charge in [-0.3, -0.25) is 4.68 Å². The molecule has 0 N–H and O–H groups in total. The first-order chi connectivity index (χ1) is 12.0. The van der Waals surface area contributed by atoms with Crippen LogP contribution in [0.5, 0.6) is 5.75 Å². The summed E-state index contributed by atoms with van der Waals surface area (Å²) in [5, 5.41) is 5.19. The van der Waals surface area contributed by atoms with Gasteiger partial charge in [0.2, 0.25) is 0 Å². The topological polar surface area (TPSA) is 30.3 Å². The van der Waals surface area contributed by atoms with Crippen molar-refractivity contribution in [3.63, 3.8) is 0 Å². The van der Waals surface area contributed by atoms with Gasteiger partial charge in [-0.15, -0.1) is 0 Å². The molecule has 0 fully saturated rings. The zero-order valence-corrected chi connectivity index (χ0v) is 16.6. The molecule has 0 bridgehead atoms. The zero-order valence-electron chi connectivity index (χ0n) is 15.8. The van der Waals surface area contributed by atoms with Crippen LogP contribution >= 0.6 is 11.6 Å². The Morgan fingerprint density at radius 2 is 2.04 bits per heavy atom. The molecule has 1 atom stereocenters. The Kier molecular flexibility index (Phi) is 7.79.